The van der Waals surface area contributed by atoms with E-state index in [1.54, 1.807) is 30.3 Å². The Kier molecular flexibility index (Phi) is 16.9. The first-order valence-corrected chi connectivity index (χ1v) is 19.9. The number of nitrogens with zero attached hydrogens (tertiary/aromatic N) is 4. The summed E-state index contributed by atoms with van der Waals surface area (Å²) in [4.78, 5) is 112. The van der Waals surface area contributed by atoms with E-state index >= 15 is 0 Å². The van der Waals surface area contributed by atoms with E-state index in [1.165, 1.54) is 21.6 Å². The molecule has 1 aromatic rings. The molecule has 3 saturated heterocycles. The number of aliphatic hydroxyl groups excluding tert-OH is 1. The third-order valence-electron chi connectivity index (χ3n) is 10.7. The average molecular weight is 828 g/mol. The summed E-state index contributed by atoms with van der Waals surface area (Å²) in [6, 6.07) is 1.23. The largest absolute Gasteiger partial charge is 0.480 e. The molecule has 0 bridgehead atoms. The van der Waals surface area contributed by atoms with Crippen LogP contribution < -0.4 is 38.5 Å². The maximum atomic E-state index is 13.7. The zero-order valence-electron chi connectivity index (χ0n) is 33.2. The maximum absolute atomic E-state index is 13.7. The third kappa shape index (κ3) is 12.6. The number of carboxylic acids is 1. The average Bonchev–Trinajstić information content (AvgIpc) is 4.01. The summed E-state index contributed by atoms with van der Waals surface area (Å²) in [5.74, 6) is -5.66. The predicted octanol–water partition coefficient (Wildman–Crippen LogP) is -3.75. The SMILES string of the molecule is C[C@H](NC(=O)CNC(=O)[C@@H]1CCCN1C(=O)[C@@H]1CCCN1C(=O)[C@@H](N)CCCN=C(N)N)C(=O)N[C@@H](CO)C(=O)N1CCC[C@H]1C(=O)N[C@@H](Cc1ccccc1)C(=O)O. The molecule has 3 fully saturated rings. The fraction of sp³-hybridized carbons (Fsp3) is 0.605. The van der Waals surface area contributed by atoms with Crippen molar-refractivity contribution in [2.45, 2.75) is 107 Å². The fourth-order valence-electron chi connectivity index (χ4n) is 7.58. The lowest BCUT2D eigenvalue weighted by molar-refractivity contribution is -0.147. The molecule has 7 atom stereocenters. The van der Waals surface area contributed by atoms with E-state index in [-0.39, 0.29) is 43.7 Å². The number of likely N-dealkylation sites (tertiary alicyclic amines) is 3. The van der Waals surface area contributed by atoms with Crippen LogP contribution in [0.25, 0.3) is 0 Å². The Morgan fingerprint density at radius 3 is 2.00 bits per heavy atom. The predicted molar refractivity (Wildman–Crippen MR) is 211 cm³/mol. The highest BCUT2D eigenvalue weighted by Gasteiger charge is 2.43. The van der Waals surface area contributed by atoms with Gasteiger partial charge in [0.2, 0.25) is 41.4 Å². The lowest BCUT2D eigenvalue weighted by atomic mass is 10.1. The van der Waals surface area contributed by atoms with Gasteiger partial charge in [0.05, 0.1) is 19.2 Å². The minimum atomic E-state index is -1.47. The Labute approximate surface area is 341 Å². The first-order chi connectivity index (χ1) is 28.1. The van der Waals surface area contributed by atoms with Crippen LogP contribution in [0.2, 0.25) is 0 Å². The highest BCUT2D eigenvalue weighted by Crippen LogP contribution is 2.26. The molecule has 0 spiro atoms. The molecule has 4 rings (SSSR count). The minimum Gasteiger partial charge on any atom is -0.480 e. The number of aliphatic hydroxyl groups is 1. The molecule has 0 aliphatic carbocycles. The molecule has 3 aliphatic rings. The zero-order chi connectivity index (χ0) is 43.2. The molecule has 1 aromatic carbocycles. The van der Waals surface area contributed by atoms with Crippen LogP contribution in [0.5, 0.6) is 0 Å². The Bertz CT molecular complexity index is 1730. The number of hydrogen-bond donors (Lipinski definition) is 9. The number of nitrogens with one attached hydrogen (secondary N) is 4. The monoisotopic (exact) mass is 827 g/mol. The molecule has 7 amide bonds. The molecule has 0 radical (unpaired) electrons. The number of benzene rings is 1. The Balaban J connectivity index is 1.24. The van der Waals surface area contributed by atoms with Gasteiger partial charge in [-0.05, 0) is 63.9 Å². The lowest BCUT2D eigenvalue weighted by Gasteiger charge is -2.32. The molecule has 21 nitrogen and oxygen atoms in total. The van der Waals surface area contributed by atoms with Crippen LogP contribution in [0.3, 0.4) is 0 Å². The molecule has 21 heteroatoms. The summed E-state index contributed by atoms with van der Waals surface area (Å²) in [5, 5.41) is 29.6. The van der Waals surface area contributed by atoms with E-state index in [1.807, 2.05) is 0 Å². The van der Waals surface area contributed by atoms with E-state index in [0.29, 0.717) is 63.6 Å². The number of carbonyl (C=O) groups is 8. The number of nitrogens with two attached hydrogens (primary N) is 3. The summed E-state index contributed by atoms with van der Waals surface area (Å²) in [6.45, 7) is 1.05. The van der Waals surface area contributed by atoms with Crippen molar-refractivity contribution in [1.29, 1.82) is 0 Å². The quantitative estimate of drug-likeness (QED) is 0.0368. The van der Waals surface area contributed by atoms with Gasteiger partial charge in [0.25, 0.3) is 0 Å². The van der Waals surface area contributed by atoms with Crippen LogP contribution in [0.4, 0.5) is 0 Å². The van der Waals surface area contributed by atoms with E-state index in [4.69, 9.17) is 17.2 Å². The second kappa shape index (κ2) is 21.8. The van der Waals surface area contributed by atoms with Crippen LogP contribution >= 0.6 is 0 Å². The van der Waals surface area contributed by atoms with Crippen LogP contribution in [0.15, 0.2) is 35.3 Å². The van der Waals surface area contributed by atoms with Crippen molar-refractivity contribution in [3.8, 4) is 0 Å². The number of hydrogen-bond acceptors (Lipinski definition) is 11. The van der Waals surface area contributed by atoms with Gasteiger partial charge in [0, 0.05) is 32.6 Å². The van der Waals surface area contributed by atoms with Crippen LogP contribution in [0.1, 0.15) is 63.9 Å². The highest BCUT2D eigenvalue weighted by molar-refractivity contribution is 5.97. The van der Waals surface area contributed by atoms with Crippen molar-refractivity contribution in [3.05, 3.63) is 35.9 Å². The highest BCUT2D eigenvalue weighted by atomic mass is 16.4. The van der Waals surface area contributed by atoms with Gasteiger partial charge in [-0.2, -0.15) is 0 Å². The maximum Gasteiger partial charge on any atom is 0.326 e. The van der Waals surface area contributed by atoms with Gasteiger partial charge < -0.3 is 63.4 Å². The van der Waals surface area contributed by atoms with Crippen molar-refractivity contribution in [3.63, 3.8) is 0 Å². The number of aliphatic imine (C=N–C) groups is 1. The number of aliphatic carboxylic acids is 1. The summed E-state index contributed by atoms with van der Waals surface area (Å²) >= 11 is 0. The van der Waals surface area contributed by atoms with Gasteiger partial charge in [-0.3, -0.25) is 38.6 Å². The van der Waals surface area contributed by atoms with E-state index < -0.39 is 90.9 Å². The number of guanidine groups is 1. The molecule has 3 heterocycles. The smallest absolute Gasteiger partial charge is 0.326 e. The van der Waals surface area contributed by atoms with E-state index in [0.717, 1.165) is 0 Å². The lowest BCUT2D eigenvalue weighted by Crippen LogP contribution is -2.58. The van der Waals surface area contributed by atoms with Gasteiger partial charge >= 0.3 is 5.97 Å². The first kappa shape index (κ1) is 45.9. The van der Waals surface area contributed by atoms with Gasteiger partial charge in [-0.1, -0.05) is 30.3 Å². The third-order valence-corrected chi connectivity index (χ3v) is 10.7. The second-order valence-corrected chi connectivity index (χ2v) is 15.0. The van der Waals surface area contributed by atoms with Crippen molar-refractivity contribution in [2.75, 3.05) is 39.3 Å². The summed E-state index contributed by atoms with van der Waals surface area (Å²) in [7, 11) is 0. The molecule has 0 unspecified atom stereocenters. The van der Waals surface area contributed by atoms with Crippen molar-refractivity contribution >= 4 is 53.3 Å². The minimum absolute atomic E-state index is 0.0218. The van der Waals surface area contributed by atoms with E-state index in [9.17, 15) is 48.6 Å². The summed E-state index contributed by atoms with van der Waals surface area (Å²) in [5.41, 5.74) is 17.5. The van der Waals surface area contributed by atoms with Gasteiger partial charge in [0.1, 0.15) is 36.3 Å². The first-order valence-electron chi connectivity index (χ1n) is 19.9. The Morgan fingerprint density at radius 2 is 1.39 bits per heavy atom. The topological polar surface area (TPSA) is 325 Å². The van der Waals surface area contributed by atoms with Crippen molar-refractivity contribution < 1.29 is 48.6 Å². The molecule has 0 saturated carbocycles. The Hall–Kier alpha value is -5.83. The number of carbonyl (C=O) groups excluding carboxylic acids is 7. The van der Waals surface area contributed by atoms with Crippen LogP contribution in [0, 0.1) is 0 Å². The van der Waals surface area contributed by atoms with Gasteiger partial charge in [-0.25, -0.2) is 4.79 Å². The zero-order valence-corrected chi connectivity index (χ0v) is 33.2. The number of carboxylic acid groups (broad SMARTS) is 1. The molecular formula is C38H57N11O10. The molecule has 3 aliphatic heterocycles. The molecule has 0 aromatic heterocycles. The molecule has 324 valence electrons. The molecule has 12 N–H and O–H groups in total. The fourth-order valence-corrected chi connectivity index (χ4v) is 7.58. The number of amides is 7. The molecular weight excluding hydrogens is 770 g/mol. The summed E-state index contributed by atoms with van der Waals surface area (Å²) < 4.78 is 0. The normalized spacial score (nSPS) is 20.8. The summed E-state index contributed by atoms with van der Waals surface area (Å²) in [6.07, 6.45) is 3.35. The number of rotatable bonds is 19. The van der Waals surface area contributed by atoms with Crippen LogP contribution in [-0.4, -0.2) is 160 Å². The van der Waals surface area contributed by atoms with Gasteiger partial charge in [-0.15, -0.1) is 0 Å². The van der Waals surface area contributed by atoms with Crippen molar-refractivity contribution in [1.82, 2.24) is 36.0 Å². The second-order valence-electron chi connectivity index (χ2n) is 15.0. The van der Waals surface area contributed by atoms with Crippen molar-refractivity contribution in [2.24, 2.45) is 22.2 Å². The van der Waals surface area contributed by atoms with E-state index in [2.05, 4.69) is 26.3 Å². The standard InChI is InChI=1S/C38H57N11O10/c1-22(31(52)46-26(21-50)35(56)47-16-7-13-28(47)33(54)45-25(37(58)59)19-23-9-3-2-4-10-23)44-30(51)20-43-32(53)27-12-6-17-48(27)36(57)29-14-8-18-49(29)34(55)24(39)11-5-15-42-38(40)41/h2-4,9-10,22,24-29,50H,5-8,11-21,39H2,1H3,(H,43,53)(H,44,51)(H,45,54)(H,46,52)(H,58,59)(H4,40,41,42)/t22-,24-,25-,26-,27-,28-,29-/m0/s1. The van der Waals surface area contributed by atoms with Crippen LogP contribution in [-0.2, 0) is 44.8 Å². The molecule has 59 heavy (non-hydrogen) atoms. The van der Waals surface area contributed by atoms with Gasteiger partial charge in [0.15, 0.2) is 5.96 Å². The Morgan fingerprint density at radius 1 is 0.797 bits per heavy atom.